The number of carboxylic acids is 3. The number of nitrogens with zero attached hydrogens (tertiary/aromatic N) is 1. The minimum atomic E-state index is -2.74. The Morgan fingerprint density at radius 3 is 1.62 bits per heavy atom. The van der Waals surface area contributed by atoms with E-state index in [0.29, 0.717) is 6.61 Å². The molecule has 10 heteroatoms. The third-order valence-corrected chi connectivity index (χ3v) is 6.72. The molecule has 0 fully saturated rings. The van der Waals surface area contributed by atoms with Crippen LogP contribution in [0.15, 0.2) is 84.9 Å². The molecule has 0 saturated heterocycles. The molecule has 3 rings (SSSR count). The maximum absolute atomic E-state index is 10.3. The minimum absolute atomic E-state index is 0.688. The Kier molecular flexibility index (Phi) is 13.7. The highest BCUT2D eigenvalue weighted by atomic mass is 35.5. The van der Waals surface area contributed by atoms with Crippen molar-refractivity contribution in [3.8, 4) is 5.75 Å². The number of likely N-dealkylation sites (N-methyl/N-ethyl adjacent to an activating group) is 1. The summed E-state index contributed by atoms with van der Waals surface area (Å²) in [6.07, 6.45) is -2.29. The number of carboxylic acid groups (broad SMARTS) is 3. The van der Waals surface area contributed by atoms with Crippen LogP contribution in [0.4, 0.5) is 0 Å². The molecule has 0 saturated carbocycles. The van der Waals surface area contributed by atoms with Crippen LogP contribution in [0.2, 0.25) is 0 Å². The molecule has 4 N–H and O–H groups in total. The standard InChI is InChI=1S/C26H28ClNO.C6H8O7/c1-3-28(4-2)19-20-29-24-17-15-22(16-18-24)25(21-11-7-5-8-12-21)26(27)23-13-9-6-10-14-23;7-3(8)1-6(13,5(11)12)2-4(9)10/h5-18H,3-4,19-20H2,1-2H3;13H,1-2H2,(H,7,8)(H,9,10)(H,11,12). The quantitative estimate of drug-likeness (QED) is 0.182. The number of hydrogen-bond acceptors (Lipinski definition) is 6. The van der Waals surface area contributed by atoms with Gasteiger partial charge in [0.2, 0.25) is 0 Å². The molecule has 9 nitrogen and oxygen atoms in total. The van der Waals surface area contributed by atoms with Crippen LogP contribution >= 0.6 is 11.6 Å². The first-order chi connectivity index (χ1) is 20.0. The van der Waals surface area contributed by atoms with Crippen LogP contribution in [0, 0.1) is 0 Å². The van der Waals surface area contributed by atoms with Crippen LogP contribution in [0.1, 0.15) is 43.4 Å². The summed E-state index contributed by atoms with van der Waals surface area (Å²) in [5.74, 6) is -4.14. The Balaban J connectivity index is 0.000000401. The number of rotatable bonds is 14. The minimum Gasteiger partial charge on any atom is -0.492 e. The van der Waals surface area contributed by atoms with Gasteiger partial charge in [-0.15, -0.1) is 0 Å². The first kappa shape index (κ1) is 34.0. The highest BCUT2D eigenvalue weighted by Gasteiger charge is 2.40. The van der Waals surface area contributed by atoms with Crippen molar-refractivity contribution in [2.24, 2.45) is 0 Å². The summed E-state index contributed by atoms with van der Waals surface area (Å²) in [4.78, 5) is 32.8. The van der Waals surface area contributed by atoms with Crippen molar-refractivity contribution >= 4 is 40.1 Å². The molecule has 0 bridgehead atoms. The van der Waals surface area contributed by atoms with E-state index in [9.17, 15) is 14.4 Å². The van der Waals surface area contributed by atoms with E-state index in [1.807, 2.05) is 60.7 Å². The molecular formula is C32H36ClNO8. The van der Waals surface area contributed by atoms with Gasteiger partial charge < -0.3 is 30.1 Å². The second kappa shape index (κ2) is 16.9. The largest absolute Gasteiger partial charge is 0.492 e. The zero-order chi connectivity index (χ0) is 31.1. The van der Waals surface area contributed by atoms with Gasteiger partial charge in [-0.2, -0.15) is 0 Å². The third kappa shape index (κ3) is 10.7. The van der Waals surface area contributed by atoms with E-state index >= 15 is 0 Å². The van der Waals surface area contributed by atoms with E-state index in [1.165, 1.54) is 0 Å². The zero-order valence-electron chi connectivity index (χ0n) is 23.6. The first-order valence-electron chi connectivity index (χ1n) is 13.4. The summed E-state index contributed by atoms with van der Waals surface area (Å²) < 4.78 is 5.94. The first-order valence-corrected chi connectivity index (χ1v) is 13.7. The van der Waals surface area contributed by atoms with E-state index < -0.39 is 36.4 Å². The molecule has 3 aromatic rings. The molecule has 0 aliphatic carbocycles. The molecule has 0 radical (unpaired) electrons. The molecule has 0 aliphatic rings. The smallest absolute Gasteiger partial charge is 0.336 e. The maximum Gasteiger partial charge on any atom is 0.336 e. The van der Waals surface area contributed by atoms with Crippen molar-refractivity contribution in [1.29, 1.82) is 0 Å². The second-order valence-electron chi connectivity index (χ2n) is 9.30. The third-order valence-electron chi connectivity index (χ3n) is 6.31. The van der Waals surface area contributed by atoms with Crippen LogP contribution in [0.25, 0.3) is 10.6 Å². The fourth-order valence-corrected chi connectivity index (χ4v) is 4.36. The van der Waals surface area contributed by atoms with E-state index in [4.69, 9.17) is 36.8 Å². The molecule has 0 spiro atoms. The molecule has 42 heavy (non-hydrogen) atoms. The monoisotopic (exact) mass is 597 g/mol. The van der Waals surface area contributed by atoms with Gasteiger partial charge >= 0.3 is 17.9 Å². The lowest BCUT2D eigenvalue weighted by Crippen LogP contribution is -2.42. The second-order valence-corrected chi connectivity index (χ2v) is 9.68. The van der Waals surface area contributed by atoms with Crippen molar-refractivity contribution in [3.63, 3.8) is 0 Å². The normalized spacial score (nSPS) is 11.6. The number of benzene rings is 3. The van der Waals surface area contributed by atoms with Gasteiger partial charge in [0, 0.05) is 12.1 Å². The molecule has 0 heterocycles. The predicted octanol–water partition coefficient (Wildman–Crippen LogP) is 5.31. The Labute approximate surface area is 250 Å². The Morgan fingerprint density at radius 2 is 1.19 bits per heavy atom. The van der Waals surface area contributed by atoms with Crippen molar-refractivity contribution in [2.75, 3.05) is 26.2 Å². The fraction of sp³-hybridized carbons (Fsp3) is 0.281. The summed E-state index contributed by atoms with van der Waals surface area (Å²) >= 11 is 6.87. The van der Waals surface area contributed by atoms with Gasteiger partial charge in [0.05, 0.1) is 17.9 Å². The van der Waals surface area contributed by atoms with Crippen LogP contribution in [-0.2, 0) is 14.4 Å². The van der Waals surface area contributed by atoms with Crippen molar-refractivity contribution in [3.05, 3.63) is 102 Å². The SMILES string of the molecule is CCN(CC)CCOc1ccc(C(=C(Cl)c2ccccc2)c2ccccc2)cc1.O=C(O)CC(O)(CC(=O)O)C(=O)O. The summed E-state index contributed by atoms with van der Waals surface area (Å²) in [5.41, 5.74) is 1.45. The van der Waals surface area contributed by atoms with Crippen molar-refractivity contribution < 1.29 is 39.5 Å². The van der Waals surface area contributed by atoms with Crippen LogP contribution in [0.3, 0.4) is 0 Å². The van der Waals surface area contributed by atoms with Crippen LogP contribution < -0.4 is 4.74 Å². The lowest BCUT2D eigenvalue weighted by Gasteiger charge is -2.18. The van der Waals surface area contributed by atoms with Gasteiger partial charge in [-0.25, -0.2) is 4.79 Å². The average Bonchev–Trinajstić information content (AvgIpc) is 2.96. The van der Waals surface area contributed by atoms with Gasteiger partial charge in [-0.05, 0) is 41.9 Å². The van der Waals surface area contributed by atoms with Gasteiger partial charge in [0.25, 0.3) is 0 Å². The van der Waals surface area contributed by atoms with Crippen LogP contribution in [-0.4, -0.2) is 75.1 Å². The Bertz CT molecular complexity index is 1310. The van der Waals surface area contributed by atoms with Crippen LogP contribution in [0.5, 0.6) is 5.75 Å². The number of ether oxygens (including phenoxy) is 1. The molecule has 0 aromatic heterocycles. The Morgan fingerprint density at radius 1 is 0.738 bits per heavy atom. The molecule has 0 unspecified atom stereocenters. The summed E-state index contributed by atoms with van der Waals surface area (Å²) in [6, 6.07) is 28.6. The number of aliphatic hydroxyl groups is 1. The van der Waals surface area contributed by atoms with E-state index in [-0.39, 0.29) is 0 Å². The zero-order valence-corrected chi connectivity index (χ0v) is 24.3. The topological polar surface area (TPSA) is 145 Å². The molecule has 224 valence electrons. The van der Waals surface area contributed by atoms with E-state index in [0.717, 1.165) is 52.7 Å². The van der Waals surface area contributed by atoms with Crippen molar-refractivity contribution in [2.45, 2.75) is 32.3 Å². The van der Waals surface area contributed by atoms with Gasteiger partial charge in [0.1, 0.15) is 12.4 Å². The molecule has 0 atom stereocenters. The maximum atomic E-state index is 10.3. The van der Waals surface area contributed by atoms with Gasteiger partial charge in [-0.1, -0.05) is 98.2 Å². The summed E-state index contributed by atoms with van der Waals surface area (Å²) in [6.45, 7) is 8.05. The average molecular weight is 598 g/mol. The van der Waals surface area contributed by atoms with Gasteiger partial charge in [-0.3, -0.25) is 9.59 Å². The lowest BCUT2D eigenvalue weighted by atomic mass is 9.95. The van der Waals surface area contributed by atoms with E-state index in [2.05, 4.69) is 43.0 Å². The number of carbonyl (C=O) groups is 3. The predicted molar refractivity (Wildman–Crippen MR) is 161 cm³/mol. The lowest BCUT2D eigenvalue weighted by molar-refractivity contribution is -0.170. The fourth-order valence-electron chi connectivity index (χ4n) is 4.02. The van der Waals surface area contributed by atoms with Crippen molar-refractivity contribution in [1.82, 2.24) is 4.90 Å². The highest BCUT2D eigenvalue weighted by Crippen LogP contribution is 2.35. The number of aliphatic carboxylic acids is 3. The molecule has 0 aliphatic heterocycles. The highest BCUT2D eigenvalue weighted by molar-refractivity contribution is 6.53. The van der Waals surface area contributed by atoms with Gasteiger partial charge in [0.15, 0.2) is 5.60 Å². The molecule has 3 aromatic carbocycles. The summed E-state index contributed by atoms with van der Waals surface area (Å²) in [5, 5.41) is 34.6. The number of halogens is 1. The number of hydrogen-bond donors (Lipinski definition) is 4. The molecular weight excluding hydrogens is 562 g/mol. The van der Waals surface area contributed by atoms with E-state index in [1.54, 1.807) is 0 Å². The molecule has 0 amide bonds. The summed E-state index contributed by atoms with van der Waals surface area (Å²) in [7, 11) is 0. The Hall–Kier alpha value is -4.18.